The molecule has 0 heterocycles. The Morgan fingerprint density at radius 3 is 2.12 bits per heavy atom. The van der Waals surface area contributed by atoms with Crippen molar-refractivity contribution in [3.8, 4) is 5.75 Å². The van der Waals surface area contributed by atoms with Crippen molar-refractivity contribution < 1.29 is 29.0 Å². The number of nitrogens with one attached hydrogen (secondary N) is 1. The summed E-state index contributed by atoms with van der Waals surface area (Å²) < 4.78 is 16.0. The van der Waals surface area contributed by atoms with Crippen LogP contribution < -0.4 is 15.4 Å². The molecule has 4 N–H and O–H groups in total. The minimum Gasteiger partial charge on any atom is -0.491 e. The molecule has 0 bridgehead atoms. The molecule has 1 aromatic rings. The summed E-state index contributed by atoms with van der Waals surface area (Å²) in [5.41, 5.74) is 6.34. The minimum absolute atomic E-state index is 0.302. The first-order valence-electron chi connectivity index (χ1n) is 8.49. The highest BCUT2D eigenvalue weighted by molar-refractivity contribution is 5.73. The summed E-state index contributed by atoms with van der Waals surface area (Å²) in [7, 11) is 6.25. The van der Waals surface area contributed by atoms with Gasteiger partial charge in [-0.2, -0.15) is 0 Å². The molecule has 1 aromatic carbocycles. The molecule has 0 radical (unpaired) electrons. The molecule has 0 unspecified atom stereocenters. The van der Waals surface area contributed by atoms with Gasteiger partial charge in [-0.15, -0.1) is 0 Å². The molecule has 0 fully saturated rings. The lowest BCUT2D eigenvalue weighted by atomic mass is 10.1. The molecule has 0 aliphatic heterocycles. The molecule has 144 valence electrons. The number of hydrogen-bond donors (Lipinski definition) is 3. The van der Waals surface area contributed by atoms with E-state index in [0.717, 1.165) is 11.3 Å². The van der Waals surface area contributed by atoms with Gasteiger partial charge in [0.2, 0.25) is 0 Å². The maximum absolute atomic E-state index is 10.7. The summed E-state index contributed by atoms with van der Waals surface area (Å²) in [5, 5.41) is 8.75. The van der Waals surface area contributed by atoms with Crippen LogP contribution in [0, 0.1) is 0 Å². The maximum atomic E-state index is 10.7. The average molecular weight is 357 g/mol. The van der Waals surface area contributed by atoms with Crippen LogP contribution in [-0.4, -0.2) is 71.3 Å². The first-order valence-corrected chi connectivity index (χ1v) is 8.49. The van der Waals surface area contributed by atoms with E-state index in [1.54, 1.807) is 12.1 Å². The van der Waals surface area contributed by atoms with Gasteiger partial charge in [-0.25, -0.2) is 0 Å². The highest BCUT2D eigenvalue weighted by Crippen LogP contribution is 2.13. The van der Waals surface area contributed by atoms with Crippen molar-refractivity contribution in [3.63, 3.8) is 0 Å². The molecule has 0 amide bonds. The van der Waals surface area contributed by atoms with E-state index in [4.69, 9.17) is 25.1 Å². The summed E-state index contributed by atoms with van der Waals surface area (Å²) in [4.78, 5) is 12.1. The molecule has 0 aromatic heterocycles. The van der Waals surface area contributed by atoms with Crippen LogP contribution in [0.3, 0.4) is 0 Å². The number of carbonyl (C=O) groups is 1. The van der Waals surface area contributed by atoms with Crippen LogP contribution in [0.4, 0.5) is 0 Å². The van der Waals surface area contributed by atoms with Crippen LogP contribution in [0.5, 0.6) is 5.75 Å². The summed E-state index contributed by atoms with van der Waals surface area (Å²) in [5.74, 6) is -0.282. The Morgan fingerprint density at radius 1 is 1.08 bits per heavy atom. The van der Waals surface area contributed by atoms with Crippen LogP contribution in [0.25, 0.3) is 0 Å². The maximum Gasteiger partial charge on any atom is 0.320 e. The SMILES string of the molecule is CCOCCOCCOc1ccc(C[C@H](N)C(=O)O)cc1.C[NH+](C)C. The van der Waals surface area contributed by atoms with Gasteiger partial charge in [0.05, 0.1) is 41.0 Å². The van der Waals surface area contributed by atoms with Gasteiger partial charge < -0.3 is 30.0 Å². The van der Waals surface area contributed by atoms with Gasteiger partial charge in [-0.05, 0) is 31.0 Å². The Labute approximate surface area is 150 Å². The van der Waals surface area contributed by atoms with Crippen LogP contribution in [-0.2, 0) is 20.7 Å². The summed E-state index contributed by atoms with van der Waals surface area (Å²) in [6.07, 6.45) is 0.302. The molecular formula is C18H33N2O5+. The van der Waals surface area contributed by atoms with Gasteiger partial charge in [0.1, 0.15) is 18.4 Å². The molecule has 7 nitrogen and oxygen atoms in total. The van der Waals surface area contributed by atoms with Gasteiger partial charge in [0, 0.05) is 6.61 Å². The van der Waals surface area contributed by atoms with E-state index in [-0.39, 0.29) is 0 Å². The van der Waals surface area contributed by atoms with Gasteiger partial charge >= 0.3 is 5.97 Å². The lowest BCUT2D eigenvalue weighted by molar-refractivity contribution is -0.836. The Bertz CT molecular complexity index is 449. The smallest absolute Gasteiger partial charge is 0.320 e. The topological polar surface area (TPSA) is 95.5 Å². The molecular weight excluding hydrogens is 324 g/mol. The third-order valence-corrected chi connectivity index (χ3v) is 2.77. The number of aliphatic carboxylic acids is 1. The number of hydrogen-bond acceptors (Lipinski definition) is 5. The zero-order chi connectivity index (χ0) is 19.1. The van der Waals surface area contributed by atoms with Crippen molar-refractivity contribution in [1.82, 2.24) is 0 Å². The molecule has 1 rings (SSSR count). The molecule has 0 aliphatic rings. The monoisotopic (exact) mass is 357 g/mol. The predicted octanol–water partition coefficient (Wildman–Crippen LogP) is -0.166. The third-order valence-electron chi connectivity index (χ3n) is 2.77. The van der Waals surface area contributed by atoms with E-state index < -0.39 is 12.0 Å². The van der Waals surface area contributed by atoms with E-state index in [0.29, 0.717) is 39.5 Å². The Balaban J connectivity index is 0.00000129. The molecule has 1 atom stereocenters. The Kier molecular flexibility index (Phi) is 13.7. The number of ether oxygens (including phenoxy) is 3. The summed E-state index contributed by atoms with van der Waals surface area (Å²) >= 11 is 0. The highest BCUT2D eigenvalue weighted by Gasteiger charge is 2.11. The van der Waals surface area contributed by atoms with Crippen molar-refractivity contribution in [2.24, 2.45) is 5.73 Å². The lowest BCUT2D eigenvalue weighted by Gasteiger charge is -2.09. The van der Waals surface area contributed by atoms with Gasteiger partial charge in [0.15, 0.2) is 0 Å². The van der Waals surface area contributed by atoms with Crippen molar-refractivity contribution in [2.75, 3.05) is 54.2 Å². The third kappa shape index (κ3) is 14.4. The number of quaternary nitrogens is 1. The van der Waals surface area contributed by atoms with Crippen molar-refractivity contribution in [2.45, 2.75) is 19.4 Å². The van der Waals surface area contributed by atoms with E-state index >= 15 is 0 Å². The van der Waals surface area contributed by atoms with Crippen molar-refractivity contribution >= 4 is 5.97 Å². The Hall–Kier alpha value is -1.67. The lowest BCUT2D eigenvalue weighted by Crippen LogP contribution is -3.02. The first-order chi connectivity index (χ1) is 11.9. The second-order valence-corrected chi connectivity index (χ2v) is 5.95. The number of carboxylic acid groups (broad SMARTS) is 1. The fraction of sp³-hybridized carbons (Fsp3) is 0.611. The molecule has 0 spiro atoms. The van der Waals surface area contributed by atoms with Gasteiger partial charge in [-0.1, -0.05) is 12.1 Å². The van der Waals surface area contributed by atoms with E-state index in [1.165, 1.54) is 4.90 Å². The molecule has 25 heavy (non-hydrogen) atoms. The molecule has 0 saturated carbocycles. The fourth-order valence-corrected chi connectivity index (χ4v) is 1.65. The van der Waals surface area contributed by atoms with Crippen molar-refractivity contribution in [3.05, 3.63) is 29.8 Å². The van der Waals surface area contributed by atoms with Crippen LogP contribution in [0.1, 0.15) is 12.5 Å². The molecule has 0 saturated heterocycles. The largest absolute Gasteiger partial charge is 0.491 e. The number of benzene rings is 1. The zero-order valence-electron chi connectivity index (χ0n) is 15.8. The van der Waals surface area contributed by atoms with Crippen LogP contribution >= 0.6 is 0 Å². The standard InChI is InChI=1S/C15H23NO5.C3H9N/c1-2-19-7-8-20-9-10-21-13-5-3-12(4-6-13)11-14(16)15(17)18;1-4(2)3/h3-6,14H,2,7-11,16H2,1H3,(H,17,18);1-3H3/p+1/t14-;/m0./s1. The number of rotatable bonds is 11. The zero-order valence-corrected chi connectivity index (χ0v) is 15.8. The summed E-state index contributed by atoms with van der Waals surface area (Å²) in [6.45, 7) is 4.74. The van der Waals surface area contributed by atoms with Crippen molar-refractivity contribution in [1.29, 1.82) is 0 Å². The van der Waals surface area contributed by atoms with Crippen LogP contribution in [0.2, 0.25) is 0 Å². The predicted molar refractivity (Wildman–Crippen MR) is 97.3 cm³/mol. The fourth-order valence-electron chi connectivity index (χ4n) is 1.65. The van der Waals surface area contributed by atoms with Crippen LogP contribution in [0.15, 0.2) is 24.3 Å². The minimum atomic E-state index is -1.00. The Morgan fingerprint density at radius 2 is 1.60 bits per heavy atom. The van der Waals surface area contributed by atoms with E-state index in [1.807, 2.05) is 19.1 Å². The van der Waals surface area contributed by atoms with E-state index in [2.05, 4.69) is 21.1 Å². The summed E-state index contributed by atoms with van der Waals surface area (Å²) in [6, 6.07) is 6.34. The van der Waals surface area contributed by atoms with Gasteiger partial charge in [0.25, 0.3) is 0 Å². The first kappa shape index (κ1) is 23.3. The van der Waals surface area contributed by atoms with E-state index in [9.17, 15) is 4.79 Å². The average Bonchev–Trinajstić information content (AvgIpc) is 2.55. The molecule has 7 heteroatoms. The normalized spacial score (nSPS) is 11.6. The number of carboxylic acids is 1. The second kappa shape index (κ2) is 14.7. The second-order valence-electron chi connectivity index (χ2n) is 5.95. The molecule has 0 aliphatic carbocycles. The highest BCUT2D eigenvalue weighted by atomic mass is 16.5. The van der Waals surface area contributed by atoms with Gasteiger partial charge in [-0.3, -0.25) is 4.79 Å². The quantitative estimate of drug-likeness (QED) is 0.476. The number of nitrogens with two attached hydrogens (primary N) is 1.